The van der Waals surface area contributed by atoms with Gasteiger partial charge in [0.15, 0.2) is 0 Å². The first-order chi connectivity index (χ1) is 8.06. The smallest absolute Gasteiger partial charge is 0.274 e. The maximum atomic E-state index is 12.2. The van der Waals surface area contributed by atoms with Crippen LogP contribution in [0.25, 0.3) is 0 Å². The normalized spacial score (nSPS) is 23.1. The zero-order valence-corrected chi connectivity index (χ0v) is 10.8. The number of rotatable bonds is 1. The first-order valence-corrected chi connectivity index (χ1v) is 6.51. The molecule has 1 saturated heterocycles. The summed E-state index contributed by atoms with van der Waals surface area (Å²) >= 11 is 1.26. The second-order valence-corrected chi connectivity index (χ2v) is 5.67. The lowest BCUT2D eigenvalue weighted by molar-refractivity contribution is 0.0433. The standard InChI is InChI=1S/C12H15N3OS/c1-12(2)5-3-6-15(10(12)8-13)11(16)9-4-7-17-14-9/h4,7,10H,3,5-6H2,1-2H3. The summed E-state index contributed by atoms with van der Waals surface area (Å²) in [5, 5.41) is 11.1. The molecule has 0 radical (unpaired) electrons. The van der Waals surface area contributed by atoms with E-state index in [1.807, 2.05) is 13.8 Å². The number of piperidine rings is 1. The van der Waals surface area contributed by atoms with Crippen LogP contribution in [0.2, 0.25) is 0 Å². The number of likely N-dealkylation sites (tertiary alicyclic amines) is 1. The first kappa shape index (κ1) is 12.1. The number of hydrogen-bond donors (Lipinski definition) is 0. The molecule has 0 aliphatic carbocycles. The molecule has 17 heavy (non-hydrogen) atoms. The fraction of sp³-hybridized carbons (Fsp3) is 0.583. The van der Waals surface area contributed by atoms with Gasteiger partial charge in [-0.25, -0.2) is 0 Å². The van der Waals surface area contributed by atoms with E-state index in [0.717, 1.165) is 12.8 Å². The Morgan fingerprint density at radius 3 is 3.06 bits per heavy atom. The zero-order valence-electron chi connectivity index (χ0n) is 10.0. The molecular formula is C12H15N3OS. The van der Waals surface area contributed by atoms with Gasteiger partial charge < -0.3 is 4.90 Å². The molecule has 1 aliphatic heterocycles. The Balaban J connectivity index is 2.26. The van der Waals surface area contributed by atoms with Gasteiger partial charge in [0, 0.05) is 11.9 Å². The fourth-order valence-electron chi connectivity index (χ4n) is 2.33. The number of carbonyl (C=O) groups excluding carboxylic acids is 1. The molecule has 1 aliphatic rings. The summed E-state index contributed by atoms with van der Waals surface area (Å²) in [5.41, 5.74) is 0.312. The van der Waals surface area contributed by atoms with Crippen LogP contribution in [0.15, 0.2) is 11.4 Å². The minimum absolute atomic E-state index is 0.120. The summed E-state index contributed by atoms with van der Waals surface area (Å²) in [6.07, 6.45) is 1.92. The topological polar surface area (TPSA) is 57.0 Å². The van der Waals surface area contributed by atoms with Crippen molar-refractivity contribution in [3.63, 3.8) is 0 Å². The third-order valence-electron chi connectivity index (χ3n) is 3.31. The van der Waals surface area contributed by atoms with Crippen molar-refractivity contribution < 1.29 is 4.79 Å². The van der Waals surface area contributed by atoms with Gasteiger partial charge in [-0.05, 0) is 35.9 Å². The summed E-state index contributed by atoms with van der Waals surface area (Å²) in [7, 11) is 0. The lowest BCUT2D eigenvalue weighted by Gasteiger charge is -2.42. The molecule has 1 unspecified atom stereocenters. The van der Waals surface area contributed by atoms with Crippen molar-refractivity contribution in [2.75, 3.05) is 6.54 Å². The van der Waals surface area contributed by atoms with Crippen LogP contribution >= 0.6 is 11.5 Å². The molecule has 90 valence electrons. The average molecular weight is 249 g/mol. The Bertz CT molecular complexity index is 447. The molecule has 1 aromatic rings. The van der Waals surface area contributed by atoms with Gasteiger partial charge in [0.25, 0.3) is 5.91 Å². The van der Waals surface area contributed by atoms with Gasteiger partial charge in [-0.1, -0.05) is 13.8 Å². The number of carbonyl (C=O) groups is 1. The number of amides is 1. The van der Waals surface area contributed by atoms with E-state index >= 15 is 0 Å². The summed E-state index contributed by atoms with van der Waals surface area (Å²) in [5.74, 6) is -0.120. The molecule has 2 heterocycles. The molecule has 0 N–H and O–H groups in total. The van der Waals surface area contributed by atoms with Crippen molar-refractivity contribution in [2.24, 2.45) is 5.41 Å². The van der Waals surface area contributed by atoms with E-state index in [1.54, 1.807) is 16.3 Å². The predicted octanol–water partition coefficient (Wildman–Crippen LogP) is 2.30. The highest BCUT2D eigenvalue weighted by Crippen LogP contribution is 2.35. The maximum absolute atomic E-state index is 12.2. The average Bonchev–Trinajstić information content (AvgIpc) is 2.80. The highest BCUT2D eigenvalue weighted by molar-refractivity contribution is 7.03. The van der Waals surface area contributed by atoms with Crippen molar-refractivity contribution in [3.05, 3.63) is 17.1 Å². The molecule has 5 heteroatoms. The van der Waals surface area contributed by atoms with E-state index in [9.17, 15) is 10.1 Å². The number of nitriles is 1. The van der Waals surface area contributed by atoms with Crippen LogP contribution in [0.3, 0.4) is 0 Å². The lowest BCUT2D eigenvalue weighted by Crippen LogP contribution is -2.51. The molecule has 1 aromatic heterocycles. The van der Waals surface area contributed by atoms with Gasteiger partial charge in [-0.3, -0.25) is 4.79 Å². The summed E-state index contributed by atoms with van der Waals surface area (Å²) in [6, 6.07) is 3.62. The largest absolute Gasteiger partial charge is 0.321 e. The van der Waals surface area contributed by atoms with Crippen LogP contribution in [0.1, 0.15) is 37.2 Å². The van der Waals surface area contributed by atoms with Crippen molar-refractivity contribution >= 4 is 17.4 Å². The Hall–Kier alpha value is -1.41. The Morgan fingerprint density at radius 2 is 2.47 bits per heavy atom. The van der Waals surface area contributed by atoms with E-state index < -0.39 is 0 Å². The molecule has 2 rings (SSSR count). The number of aromatic nitrogens is 1. The monoisotopic (exact) mass is 249 g/mol. The van der Waals surface area contributed by atoms with Gasteiger partial charge in [-0.2, -0.15) is 9.64 Å². The van der Waals surface area contributed by atoms with Crippen molar-refractivity contribution in [1.29, 1.82) is 5.26 Å². The Morgan fingerprint density at radius 1 is 1.71 bits per heavy atom. The minimum atomic E-state index is -0.356. The van der Waals surface area contributed by atoms with Gasteiger partial charge in [-0.15, -0.1) is 0 Å². The highest BCUT2D eigenvalue weighted by atomic mass is 32.1. The van der Waals surface area contributed by atoms with Crippen LogP contribution < -0.4 is 0 Å². The molecule has 0 bridgehead atoms. The third-order valence-corrected chi connectivity index (χ3v) is 3.87. The van der Waals surface area contributed by atoms with Crippen LogP contribution in [-0.4, -0.2) is 27.8 Å². The number of nitrogens with zero attached hydrogens (tertiary/aromatic N) is 3. The fourth-order valence-corrected chi connectivity index (χ4v) is 2.83. The highest BCUT2D eigenvalue weighted by Gasteiger charge is 2.40. The molecule has 0 aromatic carbocycles. The van der Waals surface area contributed by atoms with E-state index in [1.165, 1.54) is 11.5 Å². The lowest BCUT2D eigenvalue weighted by atomic mass is 9.77. The second-order valence-electron chi connectivity index (χ2n) is 5.01. The van der Waals surface area contributed by atoms with Gasteiger partial charge >= 0.3 is 0 Å². The van der Waals surface area contributed by atoms with Crippen LogP contribution in [0.4, 0.5) is 0 Å². The molecule has 4 nitrogen and oxygen atoms in total. The second kappa shape index (κ2) is 4.46. The predicted molar refractivity (Wildman–Crippen MR) is 65.6 cm³/mol. The van der Waals surface area contributed by atoms with Crippen LogP contribution in [-0.2, 0) is 0 Å². The van der Waals surface area contributed by atoms with Gasteiger partial charge in [0.2, 0.25) is 0 Å². The maximum Gasteiger partial charge on any atom is 0.274 e. The van der Waals surface area contributed by atoms with E-state index in [2.05, 4.69) is 10.4 Å². The molecule has 1 atom stereocenters. The van der Waals surface area contributed by atoms with E-state index in [4.69, 9.17) is 0 Å². The van der Waals surface area contributed by atoms with E-state index in [-0.39, 0.29) is 17.4 Å². The van der Waals surface area contributed by atoms with E-state index in [0.29, 0.717) is 12.2 Å². The molecular weight excluding hydrogens is 234 g/mol. The first-order valence-electron chi connectivity index (χ1n) is 5.67. The zero-order chi connectivity index (χ0) is 12.5. The van der Waals surface area contributed by atoms with Gasteiger partial charge in [0.1, 0.15) is 11.7 Å². The SMILES string of the molecule is CC1(C)CCCN(C(=O)c2ccsn2)C1C#N. The summed E-state index contributed by atoms with van der Waals surface area (Å²) in [6.45, 7) is 4.74. The Labute approximate surface area is 105 Å². The van der Waals surface area contributed by atoms with Crippen LogP contribution in [0, 0.1) is 16.7 Å². The third kappa shape index (κ3) is 2.18. The van der Waals surface area contributed by atoms with Gasteiger partial charge in [0.05, 0.1) is 6.07 Å². The Kier molecular flexibility index (Phi) is 3.16. The molecule has 1 amide bonds. The van der Waals surface area contributed by atoms with Crippen molar-refractivity contribution in [2.45, 2.75) is 32.7 Å². The van der Waals surface area contributed by atoms with Crippen molar-refractivity contribution in [3.8, 4) is 6.07 Å². The number of hydrogen-bond acceptors (Lipinski definition) is 4. The minimum Gasteiger partial charge on any atom is -0.321 e. The molecule has 0 spiro atoms. The molecule has 0 saturated carbocycles. The molecule has 1 fully saturated rings. The quantitative estimate of drug-likeness (QED) is 0.767. The summed E-state index contributed by atoms with van der Waals surface area (Å²) < 4.78 is 4.05. The summed E-state index contributed by atoms with van der Waals surface area (Å²) in [4.78, 5) is 13.9. The van der Waals surface area contributed by atoms with Crippen LogP contribution in [0.5, 0.6) is 0 Å². The van der Waals surface area contributed by atoms with Crippen molar-refractivity contribution in [1.82, 2.24) is 9.27 Å².